The number of para-hydroxylation sites is 1. The van der Waals surface area contributed by atoms with Crippen LogP contribution in [0.25, 0.3) is 16.9 Å². The van der Waals surface area contributed by atoms with Crippen molar-refractivity contribution in [3.63, 3.8) is 0 Å². The van der Waals surface area contributed by atoms with E-state index >= 15 is 0 Å². The van der Waals surface area contributed by atoms with Crippen LogP contribution in [-0.4, -0.2) is 36.9 Å². The molecule has 0 aliphatic rings. The fraction of sp³-hybridized carbons (Fsp3) is 0.105. The Morgan fingerprint density at radius 1 is 1.11 bits per heavy atom. The number of thioether (sulfide) groups is 1. The van der Waals surface area contributed by atoms with Crippen LogP contribution < -0.4 is 5.32 Å². The van der Waals surface area contributed by atoms with Gasteiger partial charge in [-0.1, -0.05) is 60.3 Å². The fourth-order valence-electron chi connectivity index (χ4n) is 2.60. The molecule has 0 atom stereocenters. The predicted molar refractivity (Wildman–Crippen MR) is 111 cm³/mol. The number of carbonyl (C=O) groups is 1. The minimum Gasteiger partial charge on any atom is -0.301 e. The van der Waals surface area contributed by atoms with Crippen LogP contribution in [-0.2, 0) is 4.79 Å². The zero-order chi connectivity index (χ0) is 19.3. The molecular formula is C19H16N6OS2. The van der Waals surface area contributed by atoms with E-state index in [4.69, 9.17) is 0 Å². The lowest BCUT2D eigenvalue weighted by Crippen LogP contribution is -2.14. The third-order valence-corrected chi connectivity index (χ3v) is 5.67. The van der Waals surface area contributed by atoms with Crippen molar-refractivity contribution in [2.45, 2.75) is 12.1 Å². The molecule has 0 spiro atoms. The van der Waals surface area contributed by atoms with Crippen molar-refractivity contribution in [3.8, 4) is 16.9 Å². The van der Waals surface area contributed by atoms with Crippen LogP contribution in [0, 0.1) is 6.92 Å². The summed E-state index contributed by atoms with van der Waals surface area (Å²) in [5.41, 5.74) is 2.77. The highest BCUT2D eigenvalue weighted by molar-refractivity contribution is 7.99. The number of tetrazole rings is 1. The summed E-state index contributed by atoms with van der Waals surface area (Å²) in [7, 11) is 0. The second-order valence-electron chi connectivity index (χ2n) is 5.84. The van der Waals surface area contributed by atoms with Gasteiger partial charge in [-0.25, -0.2) is 4.98 Å². The second kappa shape index (κ2) is 8.32. The van der Waals surface area contributed by atoms with E-state index in [1.807, 2.05) is 67.6 Å². The van der Waals surface area contributed by atoms with Gasteiger partial charge in [0.05, 0.1) is 17.1 Å². The highest BCUT2D eigenvalue weighted by Gasteiger charge is 2.14. The molecule has 28 heavy (non-hydrogen) atoms. The first kappa shape index (κ1) is 18.3. The normalized spacial score (nSPS) is 10.8. The van der Waals surface area contributed by atoms with Crippen LogP contribution >= 0.6 is 23.1 Å². The number of benzene rings is 2. The van der Waals surface area contributed by atoms with E-state index in [0.29, 0.717) is 10.3 Å². The van der Waals surface area contributed by atoms with Crippen LogP contribution in [0.2, 0.25) is 0 Å². The molecule has 0 aliphatic heterocycles. The molecule has 1 amide bonds. The summed E-state index contributed by atoms with van der Waals surface area (Å²) in [6, 6.07) is 19.5. The summed E-state index contributed by atoms with van der Waals surface area (Å²) in [4.78, 5) is 18.0. The molecule has 0 fully saturated rings. The molecule has 0 aliphatic carbocycles. The van der Waals surface area contributed by atoms with Gasteiger partial charge in [0.25, 0.3) is 0 Å². The zero-order valence-electron chi connectivity index (χ0n) is 14.9. The van der Waals surface area contributed by atoms with Crippen molar-refractivity contribution in [1.82, 2.24) is 25.2 Å². The summed E-state index contributed by atoms with van der Waals surface area (Å²) in [5, 5.41) is 15.7. The van der Waals surface area contributed by atoms with Gasteiger partial charge in [-0.15, -0.1) is 16.4 Å². The SMILES string of the molecule is Cc1sc(NC(=O)CSc2nnnn2-c2ccccc2)nc1-c1ccccc1. The molecule has 7 nitrogen and oxygen atoms in total. The van der Waals surface area contributed by atoms with Crippen molar-refractivity contribution < 1.29 is 4.79 Å². The van der Waals surface area contributed by atoms with Crippen LogP contribution in [0.4, 0.5) is 5.13 Å². The Morgan fingerprint density at radius 3 is 2.57 bits per heavy atom. The molecule has 2 aromatic heterocycles. The van der Waals surface area contributed by atoms with Crippen LogP contribution in [0.3, 0.4) is 0 Å². The summed E-state index contributed by atoms with van der Waals surface area (Å²) < 4.78 is 1.61. The minimum atomic E-state index is -0.152. The Balaban J connectivity index is 1.41. The number of nitrogens with zero attached hydrogens (tertiary/aromatic N) is 5. The monoisotopic (exact) mass is 408 g/mol. The van der Waals surface area contributed by atoms with Crippen LogP contribution in [0.5, 0.6) is 0 Å². The maximum atomic E-state index is 12.4. The summed E-state index contributed by atoms with van der Waals surface area (Å²) in [6.07, 6.45) is 0. The van der Waals surface area contributed by atoms with E-state index in [2.05, 4.69) is 25.8 Å². The first-order valence-corrected chi connectivity index (χ1v) is 10.3. The lowest BCUT2D eigenvalue weighted by atomic mass is 10.1. The molecule has 0 saturated carbocycles. The summed E-state index contributed by atoms with van der Waals surface area (Å²) in [6.45, 7) is 2.00. The van der Waals surface area contributed by atoms with Gasteiger partial charge in [0, 0.05) is 10.4 Å². The van der Waals surface area contributed by atoms with Crippen molar-refractivity contribution in [3.05, 3.63) is 65.5 Å². The number of hydrogen-bond acceptors (Lipinski definition) is 7. The van der Waals surface area contributed by atoms with Crippen LogP contribution in [0.15, 0.2) is 65.8 Å². The summed E-state index contributed by atoms with van der Waals surface area (Å²) >= 11 is 2.74. The molecule has 0 bridgehead atoms. The van der Waals surface area contributed by atoms with Gasteiger partial charge in [-0.05, 0) is 29.5 Å². The Kier molecular flexibility index (Phi) is 5.45. The van der Waals surface area contributed by atoms with Crippen molar-refractivity contribution >= 4 is 34.1 Å². The third kappa shape index (κ3) is 4.10. The van der Waals surface area contributed by atoms with Gasteiger partial charge in [0.1, 0.15) is 0 Å². The Bertz CT molecular complexity index is 1080. The molecular weight excluding hydrogens is 392 g/mol. The number of anilines is 1. The van der Waals surface area contributed by atoms with E-state index in [-0.39, 0.29) is 11.7 Å². The second-order valence-corrected chi connectivity index (χ2v) is 7.98. The first-order chi connectivity index (χ1) is 13.7. The van der Waals surface area contributed by atoms with Gasteiger partial charge >= 0.3 is 0 Å². The third-order valence-electron chi connectivity index (χ3n) is 3.86. The summed E-state index contributed by atoms with van der Waals surface area (Å²) in [5.74, 6) is 0.0351. The molecule has 0 unspecified atom stereocenters. The number of carbonyl (C=O) groups excluding carboxylic acids is 1. The molecule has 1 N–H and O–H groups in total. The van der Waals surface area contributed by atoms with E-state index < -0.39 is 0 Å². The molecule has 4 rings (SSSR count). The predicted octanol–water partition coefficient (Wildman–Crippen LogP) is 3.83. The fourth-order valence-corrected chi connectivity index (χ4v) is 4.14. The topological polar surface area (TPSA) is 85.6 Å². The van der Waals surface area contributed by atoms with E-state index in [0.717, 1.165) is 21.8 Å². The van der Waals surface area contributed by atoms with E-state index in [1.54, 1.807) is 4.68 Å². The average molecular weight is 409 g/mol. The Morgan fingerprint density at radius 2 is 1.82 bits per heavy atom. The van der Waals surface area contributed by atoms with E-state index in [9.17, 15) is 4.79 Å². The standard InChI is InChI=1S/C19H16N6OS2/c1-13-17(14-8-4-2-5-9-14)21-18(28-13)20-16(26)12-27-19-22-23-24-25(19)15-10-6-3-7-11-15/h2-11H,12H2,1H3,(H,20,21,26). The molecule has 140 valence electrons. The number of nitrogens with one attached hydrogen (secondary N) is 1. The largest absolute Gasteiger partial charge is 0.301 e. The van der Waals surface area contributed by atoms with Crippen molar-refractivity contribution in [2.24, 2.45) is 0 Å². The number of amides is 1. The lowest BCUT2D eigenvalue weighted by Gasteiger charge is -2.04. The maximum Gasteiger partial charge on any atom is 0.236 e. The minimum absolute atomic E-state index is 0.152. The zero-order valence-corrected chi connectivity index (χ0v) is 16.6. The molecule has 9 heteroatoms. The molecule has 0 saturated heterocycles. The number of rotatable bonds is 6. The Labute approximate surface area is 169 Å². The number of aromatic nitrogens is 5. The molecule has 2 heterocycles. The number of aryl methyl sites for hydroxylation is 1. The first-order valence-electron chi connectivity index (χ1n) is 8.50. The van der Waals surface area contributed by atoms with Crippen LogP contribution in [0.1, 0.15) is 4.88 Å². The van der Waals surface area contributed by atoms with Gasteiger partial charge in [0.15, 0.2) is 5.13 Å². The van der Waals surface area contributed by atoms with Gasteiger partial charge < -0.3 is 5.32 Å². The molecule has 4 aromatic rings. The van der Waals surface area contributed by atoms with Crippen molar-refractivity contribution in [2.75, 3.05) is 11.1 Å². The lowest BCUT2D eigenvalue weighted by molar-refractivity contribution is -0.113. The average Bonchev–Trinajstić information content (AvgIpc) is 3.34. The highest BCUT2D eigenvalue weighted by Crippen LogP contribution is 2.30. The smallest absolute Gasteiger partial charge is 0.236 e. The number of thiazole rings is 1. The van der Waals surface area contributed by atoms with Gasteiger partial charge in [-0.3, -0.25) is 4.79 Å². The highest BCUT2D eigenvalue weighted by atomic mass is 32.2. The van der Waals surface area contributed by atoms with Gasteiger partial charge in [0.2, 0.25) is 11.1 Å². The number of hydrogen-bond donors (Lipinski definition) is 1. The van der Waals surface area contributed by atoms with E-state index in [1.165, 1.54) is 23.1 Å². The molecule has 2 aromatic carbocycles. The molecule has 0 radical (unpaired) electrons. The Hall–Kier alpha value is -3.04. The maximum absolute atomic E-state index is 12.4. The quantitative estimate of drug-likeness (QED) is 0.488. The van der Waals surface area contributed by atoms with Crippen molar-refractivity contribution in [1.29, 1.82) is 0 Å². The van der Waals surface area contributed by atoms with Gasteiger partial charge in [-0.2, -0.15) is 4.68 Å².